The largest absolute Gasteiger partial charge is 0.493 e. The molecule has 4 aromatic rings. The van der Waals surface area contributed by atoms with Crippen LogP contribution in [0.3, 0.4) is 0 Å². The molecule has 5 nitrogen and oxygen atoms in total. The molecule has 0 atom stereocenters. The van der Waals surface area contributed by atoms with Gasteiger partial charge < -0.3 is 18.8 Å². The number of benzene rings is 3. The maximum absolute atomic E-state index is 6.16. The molecule has 0 fully saturated rings. The molecule has 0 bridgehead atoms. The van der Waals surface area contributed by atoms with Crippen LogP contribution < -0.4 is 14.2 Å². The minimum atomic E-state index is 0.367. The molecule has 3 aromatic carbocycles. The van der Waals surface area contributed by atoms with Crippen molar-refractivity contribution in [3.8, 4) is 17.2 Å². The van der Waals surface area contributed by atoms with Crippen LogP contribution in [0, 0.1) is 6.92 Å². The minimum Gasteiger partial charge on any atom is -0.493 e. The van der Waals surface area contributed by atoms with Gasteiger partial charge in [0.2, 0.25) is 0 Å². The number of fused-ring (bicyclic) bond motifs is 1. The Hall–Kier alpha value is -3.73. The van der Waals surface area contributed by atoms with Gasteiger partial charge >= 0.3 is 0 Å². The van der Waals surface area contributed by atoms with Crippen LogP contribution in [-0.2, 0) is 19.6 Å². The number of rotatable bonds is 12. The predicted molar refractivity (Wildman–Crippen MR) is 137 cm³/mol. The average Bonchev–Trinajstić information content (AvgIpc) is 3.21. The van der Waals surface area contributed by atoms with E-state index in [0.29, 0.717) is 19.0 Å². The molecule has 1 heterocycles. The second kappa shape index (κ2) is 11.4. The number of imidazole rings is 1. The molecule has 176 valence electrons. The quantitative estimate of drug-likeness (QED) is 0.180. The summed E-state index contributed by atoms with van der Waals surface area (Å²) in [7, 11) is 1.66. The van der Waals surface area contributed by atoms with Gasteiger partial charge in [-0.15, -0.1) is 6.58 Å². The molecule has 0 aliphatic heterocycles. The summed E-state index contributed by atoms with van der Waals surface area (Å²) in [5.74, 6) is 3.28. The number of unbranched alkanes of at least 4 members (excludes halogenated alkanes) is 1. The molecular formula is C29H32N2O3. The van der Waals surface area contributed by atoms with Crippen molar-refractivity contribution in [2.75, 3.05) is 13.7 Å². The van der Waals surface area contributed by atoms with Crippen LogP contribution in [0.5, 0.6) is 17.2 Å². The first-order valence-electron chi connectivity index (χ1n) is 11.7. The highest BCUT2D eigenvalue weighted by atomic mass is 16.5. The standard InChI is InChI=1S/C29H32N2O3/c1-4-11-23-16-17-27(28(20-23)32-3)34-21-29-30-24-13-6-7-14-25(24)31(29)18-9-10-19-33-26-15-8-5-12-22(26)2/h4-8,12-17,20H,1,9-11,18-19,21H2,2-3H3. The highest BCUT2D eigenvalue weighted by Crippen LogP contribution is 2.29. The Morgan fingerprint density at radius 1 is 0.912 bits per heavy atom. The van der Waals surface area contributed by atoms with Gasteiger partial charge in [-0.25, -0.2) is 4.98 Å². The van der Waals surface area contributed by atoms with Crippen LogP contribution in [0.1, 0.15) is 29.8 Å². The summed E-state index contributed by atoms with van der Waals surface area (Å²) in [6.07, 6.45) is 4.61. The summed E-state index contributed by atoms with van der Waals surface area (Å²) in [6.45, 7) is 7.79. The van der Waals surface area contributed by atoms with Crippen LogP contribution in [0.15, 0.2) is 79.4 Å². The molecule has 0 aliphatic rings. The molecule has 0 unspecified atom stereocenters. The summed E-state index contributed by atoms with van der Waals surface area (Å²) in [5, 5.41) is 0. The highest BCUT2D eigenvalue weighted by molar-refractivity contribution is 5.75. The van der Waals surface area contributed by atoms with Gasteiger partial charge in [-0.3, -0.25) is 0 Å². The van der Waals surface area contributed by atoms with Crippen LogP contribution in [0.25, 0.3) is 11.0 Å². The topological polar surface area (TPSA) is 45.5 Å². The van der Waals surface area contributed by atoms with Crippen LogP contribution in [0.4, 0.5) is 0 Å². The zero-order valence-electron chi connectivity index (χ0n) is 20.0. The Bertz CT molecular complexity index is 1250. The molecule has 0 saturated carbocycles. The van der Waals surface area contributed by atoms with Crippen LogP contribution >= 0.6 is 0 Å². The fraction of sp³-hybridized carbons (Fsp3) is 0.276. The normalized spacial score (nSPS) is 10.9. The van der Waals surface area contributed by atoms with E-state index in [0.717, 1.165) is 65.3 Å². The maximum atomic E-state index is 6.16. The molecule has 34 heavy (non-hydrogen) atoms. The van der Waals surface area contributed by atoms with E-state index >= 15 is 0 Å². The minimum absolute atomic E-state index is 0.367. The number of ether oxygens (including phenoxy) is 3. The Morgan fingerprint density at radius 3 is 2.56 bits per heavy atom. The Kier molecular flexibility index (Phi) is 7.87. The SMILES string of the molecule is C=CCc1ccc(OCc2nc3ccccc3n2CCCCOc2ccccc2C)c(OC)c1. The number of hydrogen-bond donors (Lipinski definition) is 0. The molecule has 0 radical (unpaired) electrons. The summed E-state index contributed by atoms with van der Waals surface area (Å²) >= 11 is 0. The van der Waals surface area contributed by atoms with Gasteiger partial charge in [0.05, 0.1) is 24.8 Å². The molecular weight excluding hydrogens is 424 g/mol. The summed E-state index contributed by atoms with van der Waals surface area (Å²) in [5.41, 5.74) is 4.40. The molecule has 0 aliphatic carbocycles. The monoisotopic (exact) mass is 456 g/mol. The Morgan fingerprint density at radius 2 is 1.74 bits per heavy atom. The van der Waals surface area contributed by atoms with E-state index in [2.05, 4.69) is 30.2 Å². The number of aryl methyl sites for hydroxylation is 2. The smallest absolute Gasteiger partial charge is 0.161 e. The molecule has 0 amide bonds. The van der Waals surface area contributed by atoms with Gasteiger partial charge in [-0.2, -0.15) is 0 Å². The number of aromatic nitrogens is 2. The van der Waals surface area contributed by atoms with E-state index in [-0.39, 0.29) is 0 Å². The molecule has 1 aromatic heterocycles. The van der Waals surface area contributed by atoms with Gasteiger partial charge in [0.15, 0.2) is 11.5 Å². The number of nitrogens with zero attached hydrogens (tertiary/aromatic N) is 2. The number of para-hydroxylation sites is 3. The fourth-order valence-corrected chi connectivity index (χ4v) is 4.02. The molecule has 0 spiro atoms. The lowest BCUT2D eigenvalue weighted by atomic mass is 10.1. The first kappa shape index (κ1) is 23.4. The average molecular weight is 457 g/mol. The van der Waals surface area contributed by atoms with E-state index in [1.54, 1.807) is 7.11 Å². The van der Waals surface area contributed by atoms with Crippen molar-refractivity contribution in [3.05, 3.63) is 96.3 Å². The lowest BCUT2D eigenvalue weighted by molar-refractivity contribution is 0.269. The lowest BCUT2D eigenvalue weighted by Crippen LogP contribution is -2.09. The van der Waals surface area contributed by atoms with Crippen molar-refractivity contribution < 1.29 is 14.2 Å². The Balaban J connectivity index is 1.42. The third kappa shape index (κ3) is 5.60. The second-order valence-corrected chi connectivity index (χ2v) is 8.26. The van der Waals surface area contributed by atoms with Crippen molar-refractivity contribution >= 4 is 11.0 Å². The van der Waals surface area contributed by atoms with E-state index in [1.165, 1.54) is 0 Å². The van der Waals surface area contributed by atoms with Crippen molar-refractivity contribution in [2.45, 2.75) is 39.3 Å². The third-order valence-corrected chi connectivity index (χ3v) is 5.83. The first-order chi connectivity index (χ1) is 16.7. The van der Waals surface area contributed by atoms with Crippen LogP contribution in [0.2, 0.25) is 0 Å². The summed E-state index contributed by atoms with van der Waals surface area (Å²) in [4.78, 5) is 4.84. The van der Waals surface area contributed by atoms with E-state index < -0.39 is 0 Å². The third-order valence-electron chi connectivity index (χ3n) is 5.83. The maximum Gasteiger partial charge on any atom is 0.161 e. The Labute approximate surface area is 201 Å². The second-order valence-electron chi connectivity index (χ2n) is 8.26. The molecule has 0 N–H and O–H groups in total. The molecule has 0 saturated heterocycles. The fourth-order valence-electron chi connectivity index (χ4n) is 4.02. The van der Waals surface area contributed by atoms with Gasteiger partial charge in [-0.1, -0.05) is 42.5 Å². The highest BCUT2D eigenvalue weighted by Gasteiger charge is 2.13. The molecule has 5 heteroatoms. The van der Waals surface area contributed by atoms with Crippen molar-refractivity contribution in [3.63, 3.8) is 0 Å². The number of methoxy groups -OCH3 is 1. The summed E-state index contributed by atoms with van der Waals surface area (Å²) < 4.78 is 19.9. The lowest BCUT2D eigenvalue weighted by Gasteiger charge is -2.14. The van der Waals surface area contributed by atoms with Crippen molar-refractivity contribution in [1.82, 2.24) is 9.55 Å². The van der Waals surface area contributed by atoms with Gasteiger partial charge in [-0.05, 0) is 67.6 Å². The number of allylic oxidation sites excluding steroid dienone is 1. The predicted octanol–water partition coefficient (Wildman–Crippen LogP) is 6.52. The van der Waals surface area contributed by atoms with E-state index in [1.807, 2.05) is 60.7 Å². The zero-order chi connectivity index (χ0) is 23.8. The van der Waals surface area contributed by atoms with Crippen molar-refractivity contribution in [1.29, 1.82) is 0 Å². The van der Waals surface area contributed by atoms with Crippen LogP contribution in [-0.4, -0.2) is 23.3 Å². The summed E-state index contributed by atoms with van der Waals surface area (Å²) in [6, 6.07) is 22.3. The molecule has 4 rings (SSSR count). The number of hydrogen-bond acceptors (Lipinski definition) is 4. The van der Waals surface area contributed by atoms with Crippen molar-refractivity contribution in [2.24, 2.45) is 0 Å². The van der Waals surface area contributed by atoms with E-state index in [4.69, 9.17) is 19.2 Å². The first-order valence-corrected chi connectivity index (χ1v) is 11.7. The van der Waals surface area contributed by atoms with E-state index in [9.17, 15) is 0 Å². The van der Waals surface area contributed by atoms with Gasteiger partial charge in [0.1, 0.15) is 18.2 Å². The zero-order valence-corrected chi connectivity index (χ0v) is 20.0. The van der Waals surface area contributed by atoms with Gasteiger partial charge in [0, 0.05) is 6.54 Å². The van der Waals surface area contributed by atoms with Gasteiger partial charge in [0.25, 0.3) is 0 Å².